The van der Waals surface area contributed by atoms with Crippen LogP contribution in [0.3, 0.4) is 0 Å². The Morgan fingerprint density at radius 1 is 0.312 bits per heavy atom. The van der Waals surface area contributed by atoms with E-state index >= 15 is 0 Å². The molecule has 0 bridgehead atoms. The summed E-state index contributed by atoms with van der Waals surface area (Å²) >= 11 is 0. The maximum Gasteiger partial charge on any atom is 0.105 e. The van der Waals surface area contributed by atoms with Crippen molar-refractivity contribution in [2.75, 3.05) is 13.1 Å². The van der Waals surface area contributed by atoms with E-state index in [0.717, 1.165) is 0 Å². The lowest BCUT2D eigenvalue weighted by molar-refractivity contribution is -0.954. The molecule has 0 fully saturated rings. The van der Waals surface area contributed by atoms with Crippen LogP contribution in [0.15, 0.2) is 60.7 Å². The average molecular weight is 727 g/mol. The Kier molecular flexibility index (Phi) is 30.9. The summed E-state index contributed by atoms with van der Waals surface area (Å²) in [5.41, 5.74) is 3.03. The number of hydrogen-bond acceptors (Lipinski definition) is 0. The van der Waals surface area contributed by atoms with Gasteiger partial charge in [0.15, 0.2) is 0 Å². The summed E-state index contributed by atoms with van der Waals surface area (Å²) < 4.78 is 1.23. The number of halogens is 1. The summed E-state index contributed by atoms with van der Waals surface area (Å²) in [6.07, 6.45) is 40.2. The molecule has 0 aliphatic carbocycles. The minimum Gasteiger partial charge on any atom is -1.00 e. The fraction of sp³-hybridized carbons (Fsp3) is 0.739. The second-order valence-corrected chi connectivity index (χ2v) is 15.3. The van der Waals surface area contributed by atoms with E-state index in [-0.39, 0.29) is 17.0 Å². The zero-order valence-corrected chi connectivity index (χ0v) is 33.8. The zero-order valence-electron chi connectivity index (χ0n) is 32.2. The molecule has 0 aliphatic rings. The van der Waals surface area contributed by atoms with Crippen LogP contribution in [0.5, 0.6) is 0 Å². The maximum atomic E-state index is 2.37. The van der Waals surface area contributed by atoms with Gasteiger partial charge in [0.05, 0.1) is 13.1 Å². The molecular formula is C46H80BrN. The van der Waals surface area contributed by atoms with Crippen molar-refractivity contribution in [3.63, 3.8) is 0 Å². The monoisotopic (exact) mass is 726 g/mol. The molecule has 48 heavy (non-hydrogen) atoms. The lowest BCUT2D eigenvalue weighted by atomic mass is 10.0. The van der Waals surface area contributed by atoms with Crippen molar-refractivity contribution in [2.45, 2.75) is 207 Å². The molecule has 2 heteroatoms. The minimum absolute atomic E-state index is 0. The average Bonchev–Trinajstić information content (AvgIpc) is 3.09. The summed E-state index contributed by atoms with van der Waals surface area (Å²) in [4.78, 5) is 0. The molecule has 0 aliphatic heterocycles. The van der Waals surface area contributed by atoms with Crippen LogP contribution in [0.1, 0.15) is 205 Å². The molecule has 0 saturated heterocycles. The quantitative estimate of drug-likeness (QED) is 0.0498. The molecular weight excluding hydrogens is 646 g/mol. The Bertz CT molecular complexity index is 821. The second kappa shape index (κ2) is 33.0. The van der Waals surface area contributed by atoms with Crippen LogP contribution in [-0.2, 0) is 13.1 Å². The summed E-state index contributed by atoms with van der Waals surface area (Å²) in [6.45, 7) is 9.61. The highest BCUT2D eigenvalue weighted by atomic mass is 79.9. The van der Waals surface area contributed by atoms with E-state index in [1.807, 2.05) is 0 Å². The summed E-state index contributed by atoms with van der Waals surface area (Å²) in [7, 11) is 0. The smallest absolute Gasteiger partial charge is 0.105 e. The first kappa shape index (κ1) is 44.9. The van der Waals surface area contributed by atoms with Crippen molar-refractivity contribution >= 4 is 0 Å². The zero-order chi connectivity index (χ0) is 33.4. The highest BCUT2D eigenvalue weighted by Crippen LogP contribution is 2.24. The first-order chi connectivity index (χ1) is 23.3. The van der Waals surface area contributed by atoms with Gasteiger partial charge in [-0.15, -0.1) is 0 Å². The Balaban J connectivity index is 0.0000115. The van der Waals surface area contributed by atoms with Gasteiger partial charge in [-0.3, -0.25) is 0 Å². The largest absolute Gasteiger partial charge is 1.00 e. The van der Waals surface area contributed by atoms with Gasteiger partial charge in [-0.25, -0.2) is 0 Å². The van der Waals surface area contributed by atoms with Crippen molar-refractivity contribution in [1.29, 1.82) is 0 Å². The van der Waals surface area contributed by atoms with Gasteiger partial charge in [0.2, 0.25) is 0 Å². The van der Waals surface area contributed by atoms with Crippen molar-refractivity contribution in [2.24, 2.45) is 0 Å². The van der Waals surface area contributed by atoms with Gasteiger partial charge in [0.1, 0.15) is 13.1 Å². The van der Waals surface area contributed by atoms with Crippen molar-refractivity contribution in [3.05, 3.63) is 71.8 Å². The first-order valence-corrected chi connectivity index (χ1v) is 21.2. The molecule has 1 nitrogen and oxygen atoms in total. The fourth-order valence-corrected chi connectivity index (χ4v) is 7.71. The molecule has 0 aromatic heterocycles. The first-order valence-electron chi connectivity index (χ1n) is 21.2. The predicted octanol–water partition coefficient (Wildman–Crippen LogP) is 12.2. The van der Waals surface area contributed by atoms with Crippen LogP contribution in [0.4, 0.5) is 0 Å². The SMILES string of the molecule is CCCCCCCCCCCCCCCC[N+](CCCCCCCCCCCCCCCC)(Cc1ccccc1)Cc1ccccc1.[Br-]. The van der Waals surface area contributed by atoms with Crippen molar-refractivity contribution < 1.29 is 21.5 Å². The van der Waals surface area contributed by atoms with E-state index in [9.17, 15) is 0 Å². The Labute approximate surface area is 311 Å². The third-order valence-corrected chi connectivity index (χ3v) is 10.7. The number of quaternary nitrogens is 1. The molecule has 0 amide bonds. The van der Waals surface area contributed by atoms with Gasteiger partial charge >= 0.3 is 0 Å². The van der Waals surface area contributed by atoms with Crippen LogP contribution in [0.2, 0.25) is 0 Å². The Morgan fingerprint density at radius 2 is 0.542 bits per heavy atom. The highest BCUT2D eigenvalue weighted by molar-refractivity contribution is 5.15. The van der Waals surface area contributed by atoms with Crippen LogP contribution >= 0.6 is 0 Å². The molecule has 0 atom stereocenters. The molecule has 2 aromatic carbocycles. The molecule has 0 unspecified atom stereocenters. The van der Waals surface area contributed by atoms with Gasteiger partial charge in [0.25, 0.3) is 0 Å². The summed E-state index contributed by atoms with van der Waals surface area (Å²) in [5, 5.41) is 0. The van der Waals surface area contributed by atoms with Crippen LogP contribution in [-0.4, -0.2) is 17.6 Å². The molecule has 0 spiro atoms. The fourth-order valence-electron chi connectivity index (χ4n) is 7.71. The third-order valence-electron chi connectivity index (χ3n) is 10.7. The van der Waals surface area contributed by atoms with Gasteiger partial charge < -0.3 is 21.5 Å². The summed E-state index contributed by atoms with van der Waals surface area (Å²) in [6, 6.07) is 22.8. The van der Waals surface area contributed by atoms with Crippen molar-refractivity contribution in [3.8, 4) is 0 Å². The molecule has 2 aromatic rings. The van der Waals surface area contributed by atoms with Gasteiger partial charge in [-0.2, -0.15) is 0 Å². The van der Waals surface area contributed by atoms with E-state index < -0.39 is 0 Å². The minimum atomic E-state index is 0. The van der Waals surface area contributed by atoms with Crippen molar-refractivity contribution in [1.82, 2.24) is 0 Å². The number of nitrogens with zero attached hydrogens (tertiary/aromatic N) is 1. The van der Waals surface area contributed by atoms with E-state index in [4.69, 9.17) is 0 Å². The molecule has 2 rings (SSSR count). The topological polar surface area (TPSA) is 0 Å². The number of benzene rings is 2. The lowest BCUT2D eigenvalue weighted by Gasteiger charge is -2.39. The van der Waals surface area contributed by atoms with E-state index in [2.05, 4.69) is 74.5 Å². The van der Waals surface area contributed by atoms with Crippen LogP contribution < -0.4 is 17.0 Å². The molecule has 0 heterocycles. The third kappa shape index (κ3) is 24.9. The molecule has 0 N–H and O–H groups in total. The molecule has 0 saturated carbocycles. The van der Waals surface area contributed by atoms with E-state index in [0.29, 0.717) is 0 Å². The predicted molar refractivity (Wildman–Crippen MR) is 211 cm³/mol. The normalized spacial score (nSPS) is 11.5. The molecule has 276 valence electrons. The standard InChI is InChI=1S/C46H80N.BrH/c1-3-5-7-9-11-13-15-17-19-21-23-25-27-35-41-47(43-45-37-31-29-32-38-45,44-46-39-33-30-34-40-46)42-36-28-26-24-22-20-18-16-14-12-10-8-6-4-2;/h29-34,37-40H,3-28,35-36,41-44H2,1-2H3;1H/q+1;/p-1. The number of unbranched alkanes of at least 4 members (excludes halogenated alkanes) is 26. The van der Waals surface area contributed by atoms with E-state index in [1.54, 1.807) is 0 Å². The lowest BCUT2D eigenvalue weighted by Crippen LogP contribution is -3.00. The Morgan fingerprint density at radius 3 is 0.792 bits per heavy atom. The summed E-state index contributed by atoms with van der Waals surface area (Å²) in [5.74, 6) is 0. The van der Waals surface area contributed by atoms with E-state index in [1.165, 1.54) is 222 Å². The maximum absolute atomic E-state index is 2.37. The van der Waals surface area contributed by atoms with Gasteiger partial charge in [0, 0.05) is 11.1 Å². The Hall–Kier alpha value is -1.12. The van der Waals surface area contributed by atoms with Crippen LogP contribution in [0, 0.1) is 0 Å². The highest BCUT2D eigenvalue weighted by Gasteiger charge is 2.27. The number of hydrogen-bond donors (Lipinski definition) is 0. The van der Waals surface area contributed by atoms with Crippen LogP contribution in [0.25, 0.3) is 0 Å². The number of rotatable bonds is 34. The van der Waals surface area contributed by atoms with Gasteiger partial charge in [-0.1, -0.05) is 229 Å². The van der Waals surface area contributed by atoms with Gasteiger partial charge in [-0.05, 0) is 25.7 Å². The molecule has 0 radical (unpaired) electrons. The second-order valence-electron chi connectivity index (χ2n) is 15.3.